The Bertz CT molecular complexity index is 483. The lowest BCUT2D eigenvalue weighted by Gasteiger charge is -2.09. The van der Waals surface area contributed by atoms with Gasteiger partial charge in [-0.1, -0.05) is 18.2 Å². The lowest BCUT2D eigenvalue weighted by Crippen LogP contribution is -1.98. The molecule has 0 saturated carbocycles. The van der Waals surface area contributed by atoms with Crippen molar-refractivity contribution in [2.24, 2.45) is 0 Å². The second-order valence-corrected chi connectivity index (χ2v) is 3.56. The fourth-order valence-corrected chi connectivity index (χ4v) is 1.64. The Morgan fingerprint density at radius 3 is 2.75 bits per heavy atom. The monoisotopic (exact) mass is 214 g/mol. The van der Waals surface area contributed by atoms with Crippen LogP contribution in [0.4, 0.5) is 5.69 Å². The molecule has 0 fully saturated rings. The van der Waals surface area contributed by atoms with Crippen LogP contribution in [0.25, 0.3) is 0 Å². The van der Waals surface area contributed by atoms with Gasteiger partial charge in [-0.3, -0.25) is 4.98 Å². The van der Waals surface area contributed by atoms with Crippen LogP contribution in [0.1, 0.15) is 11.1 Å². The van der Waals surface area contributed by atoms with Crippen molar-refractivity contribution in [3.8, 4) is 5.75 Å². The Morgan fingerprint density at radius 1 is 1.19 bits per heavy atom. The zero-order valence-electron chi connectivity index (χ0n) is 9.18. The van der Waals surface area contributed by atoms with Gasteiger partial charge in [-0.15, -0.1) is 0 Å². The Labute approximate surface area is 94.9 Å². The largest absolute Gasteiger partial charge is 0.496 e. The van der Waals surface area contributed by atoms with Gasteiger partial charge in [0.2, 0.25) is 0 Å². The normalized spacial score (nSPS) is 10.1. The number of benzene rings is 1. The summed E-state index contributed by atoms with van der Waals surface area (Å²) in [5.41, 5.74) is 8.78. The first-order valence-electron chi connectivity index (χ1n) is 5.11. The van der Waals surface area contributed by atoms with Crippen molar-refractivity contribution in [1.29, 1.82) is 0 Å². The number of methoxy groups -OCH3 is 1. The summed E-state index contributed by atoms with van der Waals surface area (Å²) < 4.78 is 5.30. The van der Waals surface area contributed by atoms with Crippen LogP contribution in [0.5, 0.6) is 5.75 Å². The number of ether oxygens (including phenoxy) is 1. The molecule has 0 radical (unpaired) electrons. The molecule has 1 aromatic carbocycles. The molecular formula is C13H14N2O. The van der Waals surface area contributed by atoms with Gasteiger partial charge in [-0.05, 0) is 23.3 Å². The van der Waals surface area contributed by atoms with Gasteiger partial charge in [-0.25, -0.2) is 0 Å². The first kappa shape index (κ1) is 10.5. The van der Waals surface area contributed by atoms with Gasteiger partial charge in [-0.2, -0.15) is 0 Å². The minimum absolute atomic E-state index is 0.740. The molecule has 1 heterocycles. The van der Waals surface area contributed by atoms with Gasteiger partial charge in [0.05, 0.1) is 7.11 Å². The van der Waals surface area contributed by atoms with E-state index in [2.05, 4.69) is 4.98 Å². The van der Waals surface area contributed by atoms with Gasteiger partial charge >= 0.3 is 0 Å². The fraction of sp³-hybridized carbons (Fsp3) is 0.154. The minimum atomic E-state index is 0.740. The molecule has 82 valence electrons. The van der Waals surface area contributed by atoms with E-state index in [-0.39, 0.29) is 0 Å². The molecule has 2 aromatic rings. The first-order chi connectivity index (χ1) is 7.81. The van der Waals surface area contributed by atoms with Crippen LogP contribution in [0.15, 0.2) is 42.7 Å². The molecule has 1 aromatic heterocycles. The van der Waals surface area contributed by atoms with Crippen molar-refractivity contribution >= 4 is 5.69 Å². The third kappa shape index (κ3) is 2.14. The van der Waals surface area contributed by atoms with Crippen LogP contribution in [0.2, 0.25) is 0 Å². The number of anilines is 1. The molecule has 3 nitrogen and oxygen atoms in total. The molecule has 0 saturated heterocycles. The van der Waals surface area contributed by atoms with Crippen LogP contribution in [-0.4, -0.2) is 12.1 Å². The smallest absolute Gasteiger partial charge is 0.122 e. The number of para-hydroxylation sites is 1. The van der Waals surface area contributed by atoms with Gasteiger partial charge in [0.1, 0.15) is 5.75 Å². The average molecular weight is 214 g/mol. The van der Waals surface area contributed by atoms with E-state index < -0.39 is 0 Å². The molecule has 0 amide bonds. The molecule has 0 spiro atoms. The van der Waals surface area contributed by atoms with E-state index in [1.165, 1.54) is 0 Å². The van der Waals surface area contributed by atoms with E-state index >= 15 is 0 Å². The van der Waals surface area contributed by atoms with Gasteiger partial charge in [0, 0.05) is 24.5 Å². The molecule has 0 aliphatic heterocycles. The Morgan fingerprint density at radius 2 is 2.00 bits per heavy atom. The SMILES string of the molecule is COc1ccccc1Cc1cnccc1N. The molecule has 0 bridgehead atoms. The van der Waals surface area contributed by atoms with Crippen LogP contribution in [0, 0.1) is 0 Å². The molecule has 2 N–H and O–H groups in total. The quantitative estimate of drug-likeness (QED) is 0.852. The second-order valence-electron chi connectivity index (χ2n) is 3.56. The maximum absolute atomic E-state index is 5.88. The molecule has 3 heteroatoms. The highest BCUT2D eigenvalue weighted by Gasteiger charge is 2.05. The summed E-state index contributed by atoms with van der Waals surface area (Å²) in [6.45, 7) is 0. The standard InChI is InChI=1S/C13H14N2O/c1-16-13-5-3-2-4-10(13)8-11-9-15-7-6-12(11)14/h2-7,9H,8H2,1H3,(H2,14,15). The lowest BCUT2D eigenvalue weighted by molar-refractivity contribution is 0.410. The number of nitrogens with two attached hydrogens (primary N) is 1. The summed E-state index contributed by atoms with van der Waals surface area (Å²) >= 11 is 0. The first-order valence-corrected chi connectivity index (χ1v) is 5.11. The topological polar surface area (TPSA) is 48.1 Å². The lowest BCUT2D eigenvalue weighted by atomic mass is 10.0. The maximum atomic E-state index is 5.88. The summed E-state index contributed by atoms with van der Waals surface area (Å²) in [6.07, 6.45) is 4.23. The third-order valence-corrected chi connectivity index (χ3v) is 2.51. The summed E-state index contributed by atoms with van der Waals surface area (Å²) in [6, 6.07) is 9.73. The molecule has 0 aliphatic rings. The Balaban J connectivity index is 2.30. The highest BCUT2D eigenvalue weighted by Crippen LogP contribution is 2.22. The highest BCUT2D eigenvalue weighted by atomic mass is 16.5. The van der Waals surface area contributed by atoms with Crippen LogP contribution in [0.3, 0.4) is 0 Å². The molecule has 0 aliphatic carbocycles. The van der Waals surface area contributed by atoms with Gasteiger partial charge in [0.25, 0.3) is 0 Å². The Hall–Kier alpha value is -2.03. The van der Waals surface area contributed by atoms with Crippen molar-refractivity contribution in [2.45, 2.75) is 6.42 Å². The van der Waals surface area contributed by atoms with E-state index in [4.69, 9.17) is 10.5 Å². The number of rotatable bonds is 3. The Kier molecular flexibility index (Phi) is 3.05. The van der Waals surface area contributed by atoms with E-state index in [0.29, 0.717) is 0 Å². The minimum Gasteiger partial charge on any atom is -0.496 e. The highest BCUT2D eigenvalue weighted by molar-refractivity contribution is 5.48. The number of hydrogen-bond acceptors (Lipinski definition) is 3. The molecular weight excluding hydrogens is 200 g/mol. The van der Waals surface area contributed by atoms with Crippen molar-refractivity contribution in [3.63, 3.8) is 0 Å². The number of aromatic nitrogens is 1. The maximum Gasteiger partial charge on any atom is 0.122 e. The molecule has 2 rings (SSSR count). The van der Waals surface area contributed by atoms with E-state index in [9.17, 15) is 0 Å². The van der Waals surface area contributed by atoms with E-state index in [1.54, 1.807) is 19.5 Å². The summed E-state index contributed by atoms with van der Waals surface area (Å²) in [7, 11) is 1.67. The summed E-state index contributed by atoms with van der Waals surface area (Å²) in [5.74, 6) is 0.880. The van der Waals surface area contributed by atoms with Crippen molar-refractivity contribution in [3.05, 3.63) is 53.9 Å². The zero-order chi connectivity index (χ0) is 11.4. The van der Waals surface area contributed by atoms with E-state index in [0.717, 1.165) is 29.0 Å². The van der Waals surface area contributed by atoms with E-state index in [1.807, 2.05) is 30.3 Å². The number of nitrogens with zero attached hydrogens (tertiary/aromatic N) is 1. The number of nitrogen functional groups attached to an aromatic ring is 1. The van der Waals surface area contributed by atoms with Gasteiger partial charge < -0.3 is 10.5 Å². The molecule has 0 atom stereocenters. The number of hydrogen-bond donors (Lipinski definition) is 1. The van der Waals surface area contributed by atoms with Gasteiger partial charge in [0.15, 0.2) is 0 Å². The van der Waals surface area contributed by atoms with Crippen molar-refractivity contribution in [1.82, 2.24) is 4.98 Å². The molecule has 16 heavy (non-hydrogen) atoms. The fourth-order valence-electron chi connectivity index (χ4n) is 1.64. The van der Waals surface area contributed by atoms with Crippen LogP contribution in [-0.2, 0) is 6.42 Å². The molecule has 0 unspecified atom stereocenters. The summed E-state index contributed by atoms with van der Waals surface area (Å²) in [5, 5.41) is 0. The second kappa shape index (κ2) is 4.66. The van der Waals surface area contributed by atoms with Crippen molar-refractivity contribution in [2.75, 3.05) is 12.8 Å². The predicted molar refractivity (Wildman–Crippen MR) is 64.4 cm³/mol. The third-order valence-electron chi connectivity index (χ3n) is 2.51. The van der Waals surface area contributed by atoms with Crippen molar-refractivity contribution < 1.29 is 4.74 Å². The summed E-state index contributed by atoms with van der Waals surface area (Å²) in [4.78, 5) is 4.08. The van der Waals surface area contributed by atoms with Crippen LogP contribution < -0.4 is 10.5 Å². The predicted octanol–water partition coefficient (Wildman–Crippen LogP) is 2.26. The number of pyridine rings is 1. The average Bonchev–Trinajstić information content (AvgIpc) is 2.33. The zero-order valence-corrected chi connectivity index (χ0v) is 9.18. The van der Waals surface area contributed by atoms with Crippen LogP contribution >= 0.6 is 0 Å².